The highest BCUT2D eigenvalue weighted by atomic mass is 15.2. The van der Waals surface area contributed by atoms with E-state index in [0.717, 1.165) is 25.7 Å². The van der Waals surface area contributed by atoms with E-state index in [9.17, 15) is 0 Å². The Kier molecular flexibility index (Phi) is 8.95. The molecule has 1 nitrogen and oxygen atoms in total. The van der Waals surface area contributed by atoms with E-state index in [1.54, 1.807) is 0 Å². The molecule has 0 radical (unpaired) electrons. The van der Waals surface area contributed by atoms with Crippen molar-refractivity contribution in [3.05, 3.63) is 245 Å². The van der Waals surface area contributed by atoms with E-state index < -0.39 is 5.41 Å². The molecule has 0 heterocycles. The Morgan fingerprint density at radius 3 is 1.84 bits per heavy atom. The molecule has 248 valence electrons. The molecule has 3 aliphatic rings. The number of allylic oxidation sites excluding steroid dienone is 12. The lowest BCUT2D eigenvalue weighted by Gasteiger charge is -2.35. The number of nitrogens with zero attached hydrogens (tertiary/aromatic N) is 1. The van der Waals surface area contributed by atoms with Crippen LogP contribution in [0.5, 0.6) is 0 Å². The molecule has 51 heavy (non-hydrogen) atoms. The Labute approximate surface area is 303 Å². The number of hydrogen-bond acceptors (Lipinski definition) is 1. The molecule has 0 bridgehead atoms. The standard InChI is InChI=1S/C50H43N/c1-3-47-46(45-29-16-18-30-48(45)50(47,41-24-12-6-13-25-41)42-26-14-7-15-27-42)36-37(2)51(43-34-32-39(33-35-43)38-20-8-4-9-21-38)49-31-19-17-28-44(49)40-22-10-5-11-23-40/h3-16,18-27,29-32,34,36H,1,17,28,33,35H2,2H3/b37-36+. The zero-order valence-corrected chi connectivity index (χ0v) is 29.3. The fourth-order valence-electron chi connectivity index (χ4n) is 8.46. The smallest absolute Gasteiger partial charge is 0.0713 e. The van der Waals surface area contributed by atoms with Gasteiger partial charge >= 0.3 is 0 Å². The third kappa shape index (κ3) is 5.79. The Hall–Kier alpha value is -5.92. The molecule has 0 saturated carbocycles. The number of benzene rings is 5. The third-order valence-corrected chi connectivity index (χ3v) is 10.7. The average molecular weight is 658 g/mol. The van der Waals surface area contributed by atoms with Crippen LogP contribution in [0.1, 0.15) is 66.0 Å². The molecule has 0 saturated heterocycles. The van der Waals surface area contributed by atoms with Gasteiger partial charge in [0, 0.05) is 17.1 Å². The van der Waals surface area contributed by atoms with Gasteiger partial charge in [0.25, 0.3) is 0 Å². The van der Waals surface area contributed by atoms with E-state index in [1.165, 1.54) is 72.8 Å². The average Bonchev–Trinajstić information content (AvgIpc) is 3.49. The summed E-state index contributed by atoms with van der Waals surface area (Å²) in [7, 11) is 0. The van der Waals surface area contributed by atoms with Crippen molar-refractivity contribution in [3.8, 4) is 0 Å². The summed E-state index contributed by atoms with van der Waals surface area (Å²) in [5.74, 6) is 0. The van der Waals surface area contributed by atoms with E-state index >= 15 is 0 Å². The minimum atomic E-state index is -0.492. The third-order valence-electron chi connectivity index (χ3n) is 10.7. The molecule has 0 N–H and O–H groups in total. The van der Waals surface area contributed by atoms with Gasteiger partial charge in [0.1, 0.15) is 0 Å². The Balaban J connectivity index is 1.36. The summed E-state index contributed by atoms with van der Waals surface area (Å²) in [6.45, 7) is 6.79. The summed E-state index contributed by atoms with van der Waals surface area (Å²) in [5, 5.41) is 0. The molecule has 0 atom stereocenters. The van der Waals surface area contributed by atoms with Crippen LogP contribution in [0.3, 0.4) is 0 Å². The van der Waals surface area contributed by atoms with Crippen LogP contribution in [0.15, 0.2) is 211 Å². The second kappa shape index (κ2) is 14.1. The predicted octanol–water partition coefficient (Wildman–Crippen LogP) is 12.7. The van der Waals surface area contributed by atoms with Gasteiger partial charge in [-0.05, 0) is 107 Å². The zero-order valence-electron chi connectivity index (χ0n) is 29.3. The topological polar surface area (TPSA) is 3.24 Å². The first-order chi connectivity index (χ1) is 25.2. The van der Waals surface area contributed by atoms with Crippen molar-refractivity contribution < 1.29 is 0 Å². The first-order valence-corrected chi connectivity index (χ1v) is 18.2. The van der Waals surface area contributed by atoms with Crippen LogP contribution in [0.25, 0.3) is 16.7 Å². The second-order valence-electron chi connectivity index (χ2n) is 13.6. The van der Waals surface area contributed by atoms with Gasteiger partial charge in [-0.3, -0.25) is 0 Å². The first kappa shape index (κ1) is 32.3. The minimum Gasteiger partial charge on any atom is -0.318 e. The zero-order chi connectivity index (χ0) is 34.6. The van der Waals surface area contributed by atoms with Crippen LogP contribution in [0, 0.1) is 0 Å². The number of fused-ring (bicyclic) bond motifs is 1. The van der Waals surface area contributed by atoms with Crippen molar-refractivity contribution in [1.29, 1.82) is 0 Å². The summed E-state index contributed by atoms with van der Waals surface area (Å²) in [5.41, 5.74) is 16.1. The van der Waals surface area contributed by atoms with Crippen molar-refractivity contribution in [2.75, 3.05) is 0 Å². The second-order valence-corrected chi connectivity index (χ2v) is 13.6. The number of rotatable bonds is 9. The van der Waals surface area contributed by atoms with E-state index in [1.807, 2.05) is 0 Å². The fraction of sp³-hybridized carbons (Fsp3) is 0.120. The van der Waals surface area contributed by atoms with Crippen LogP contribution in [0.4, 0.5) is 0 Å². The molecule has 5 aromatic rings. The number of hydrogen-bond donors (Lipinski definition) is 0. The Morgan fingerprint density at radius 1 is 0.647 bits per heavy atom. The van der Waals surface area contributed by atoms with Gasteiger partial charge in [-0.1, -0.05) is 170 Å². The van der Waals surface area contributed by atoms with E-state index in [2.05, 4.69) is 200 Å². The monoisotopic (exact) mass is 657 g/mol. The van der Waals surface area contributed by atoms with Gasteiger partial charge in [0.2, 0.25) is 0 Å². The molecule has 0 aliphatic heterocycles. The molecule has 5 aromatic carbocycles. The van der Waals surface area contributed by atoms with Crippen molar-refractivity contribution >= 4 is 16.7 Å². The molecule has 0 unspecified atom stereocenters. The maximum Gasteiger partial charge on any atom is 0.0713 e. The summed E-state index contributed by atoms with van der Waals surface area (Å²) in [6.07, 6.45) is 17.9. The lowest BCUT2D eigenvalue weighted by Crippen LogP contribution is -2.29. The van der Waals surface area contributed by atoms with Gasteiger partial charge in [0.15, 0.2) is 0 Å². The highest BCUT2D eigenvalue weighted by molar-refractivity contribution is 5.92. The molecule has 3 aliphatic carbocycles. The molecule has 8 rings (SSSR count). The summed E-state index contributed by atoms with van der Waals surface area (Å²) in [6, 6.07) is 52.6. The van der Waals surface area contributed by atoms with E-state index in [-0.39, 0.29) is 0 Å². The minimum absolute atomic E-state index is 0.492. The normalized spacial score (nSPS) is 16.8. The van der Waals surface area contributed by atoms with Gasteiger partial charge in [-0.25, -0.2) is 0 Å². The van der Waals surface area contributed by atoms with Crippen LogP contribution < -0.4 is 0 Å². The van der Waals surface area contributed by atoms with Crippen molar-refractivity contribution in [2.45, 2.75) is 38.0 Å². The summed E-state index contributed by atoms with van der Waals surface area (Å²) >= 11 is 0. The van der Waals surface area contributed by atoms with Gasteiger partial charge in [-0.2, -0.15) is 0 Å². The van der Waals surface area contributed by atoms with E-state index in [4.69, 9.17) is 0 Å². The van der Waals surface area contributed by atoms with Gasteiger partial charge in [0.05, 0.1) is 5.41 Å². The molecule has 1 heteroatoms. The fourth-order valence-corrected chi connectivity index (χ4v) is 8.46. The quantitative estimate of drug-likeness (QED) is 0.152. The maximum absolute atomic E-state index is 4.50. The van der Waals surface area contributed by atoms with Crippen molar-refractivity contribution in [1.82, 2.24) is 4.90 Å². The first-order valence-electron chi connectivity index (χ1n) is 18.2. The van der Waals surface area contributed by atoms with Gasteiger partial charge < -0.3 is 4.90 Å². The van der Waals surface area contributed by atoms with Crippen molar-refractivity contribution in [3.63, 3.8) is 0 Å². The molecule has 0 amide bonds. The lowest BCUT2D eigenvalue weighted by atomic mass is 9.67. The van der Waals surface area contributed by atoms with Crippen LogP contribution in [-0.4, -0.2) is 4.90 Å². The maximum atomic E-state index is 4.50. The molecule has 0 spiro atoms. The van der Waals surface area contributed by atoms with Crippen molar-refractivity contribution in [2.24, 2.45) is 0 Å². The highest BCUT2D eigenvalue weighted by Gasteiger charge is 2.46. The summed E-state index contributed by atoms with van der Waals surface area (Å²) in [4.78, 5) is 2.54. The SMILES string of the molecule is C=CC1=C(/C=C(\C)N(C2=CC=C(c3ccccc3)CC2)C2=C(c3ccccc3)CCC=C2)c2ccccc2C1(c1ccccc1)c1ccccc1. The molecule has 0 fully saturated rings. The van der Waals surface area contributed by atoms with Crippen LogP contribution >= 0.6 is 0 Å². The Bertz CT molecular complexity index is 2200. The lowest BCUT2D eigenvalue weighted by molar-refractivity contribution is 0.515. The molecular formula is C50H43N. The summed E-state index contributed by atoms with van der Waals surface area (Å²) < 4.78 is 0. The van der Waals surface area contributed by atoms with Gasteiger partial charge in [-0.15, -0.1) is 0 Å². The largest absolute Gasteiger partial charge is 0.318 e. The van der Waals surface area contributed by atoms with Crippen LogP contribution in [-0.2, 0) is 5.41 Å². The molecular weight excluding hydrogens is 615 g/mol. The predicted molar refractivity (Wildman–Crippen MR) is 215 cm³/mol. The molecule has 0 aromatic heterocycles. The highest BCUT2D eigenvalue weighted by Crippen LogP contribution is 2.55. The van der Waals surface area contributed by atoms with Crippen LogP contribution in [0.2, 0.25) is 0 Å². The Morgan fingerprint density at radius 2 is 1.24 bits per heavy atom. The van der Waals surface area contributed by atoms with E-state index in [0.29, 0.717) is 0 Å².